The number of hydrogen-bond acceptors (Lipinski definition) is 5. The highest BCUT2D eigenvalue weighted by molar-refractivity contribution is 5.85. The van der Waals surface area contributed by atoms with Crippen molar-refractivity contribution in [2.24, 2.45) is 0 Å². The van der Waals surface area contributed by atoms with Crippen molar-refractivity contribution in [1.82, 2.24) is 10.2 Å². The van der Waals surface area contributed by atoms with Crippen LogP contribution in [-0.4, -0.2) is 55.0 Å². The lowest BCUT2D eigenvalue weighted by molar-refractivity contribution is -0.153. The average Bonchev–Trinajstić information content (AvgIpc) is 2.64. The molecule has 1 unspecified atom stereocenters. The van der Waals surface area contributed by atoms with Gasteiger partial charge in [-0.05, 0) is 38.3 Å². The largest absolute Gasteiger partial charge is 0.484 e. The molecule has 0 aliphatic carbocycles. The van der Waals surface area contributed by atoms with Crippen molar-refractivity contribution < 1.29 is 23.9 Å². The maximum Gasteiger partial charge on any atom is 0.325 e. The number of amides is 2. The van der Waals surface area contributed by atoms with Gasteiger partial charge in [0.05, 0.1) is 0 Å². The third kappa shape index (κ3) is 6.45. The zero-order chi connectivity index (χ0) is 18.1. The van der Waals surface area contributed by atoms with Gasteiger partial charge in [-0.25, -0.2) is 0 Å². The normalized spacial score (nSPS) is 16.8. The Kier molecular flexibility index (Phi) is 7.25. The molecule has 136 valence electrons. The molecule has 7 heteroatoms. The second kappa shape index (κ2) is 9.66. The van der Waals surface area contributed by atoms with Crippen molar-refractivity contribution in [3.05, 3.63) is 30.3 Å². The van der Waals surface area contributed by atoms with E-state index in [9.17, 15) is 14.4 Å². The maximum absolute atomic E-state index is 12.1. The Hall–Kier alpha value is -2.57. The van der Waals surface area contributed by atoms with Crippen LogP contribution in [0, 0.1) is 0 Å². The van der Waals surface area contributed by atoms with Crippen LogP contribution in [-0.2, 0) is 19.1 Å². The van der Waals surface area contributed by atoms with E-state index in [0.29, 0.717) is 12.3 Å². The SMILES string of the molecule is CC1CCCCN1C(=O)COC(=O)CNC(=O)COc1ccccc1. The van der Waals surface area contributed by atoms with E-state index in [-0.39, 0.29) is 31.7 Å². The van der Waals surface area contributed by atoms with Gasteiger partial charge < -0.3 is 19.7 Å². The van der Waals surface area contributed by atoms with E-state index in [1.165, 1.54) is 0 Å². The minimum atomic E-state index is -0.647. The summed E-state index contributed by atoms with van der Waals surface area (Å²) >= 11 is 0. The number of rotatable bonds is 7. The fourth-order valence-electron chi connectivity index (χ4n) is 2.63. The number of piperidine rings is 1. The smallest absolute Gasteiger partial charge is 0.325 e. The molecule has 0 saturated carbocycles. The number of nitrogens with one attached hydrogen (secondary N) is 1. The molecule has 0 radical (unpaired) electrons. The number of nitrogens with zero attached hydrogens (tertiary/aromatic N) is 1. The molecule has 1 aromatic rings. The summed E-state index contributed by atoms with van der Waals surface area (Å²) in [6, 6.07) is 9.07. The topological polar surface area (TPSA) is 84.9 Å². The molecule has 1 fully saturated rings. The molecule has 1 aliphatic rings. The molecule has 1 aromatic carbocycles. The number of para-hydroxylation sites is 1. The molecular formula is C18H24N2O5. The molecule has 7 nitrogen and oxygen atoms in total. The quantitative estimate of drug-likeness (QED) is 0.747. The summed E-state index contributed by atoms with van der Waals surface area (Å²) in [4.78, 5) is 37.1. The molecule has 25 heavy (non-hydrogen) atoms. The molecule has 1 heterocycles. The molecule has 0 aromatic heterocycles. The summed E-state index contributed by atoms with van der Waals surface area (Å²) in [5.41, 5.74) is 0. The van der Waals surface area contributed by atoms with Gasteiger partial charge in [-0.2, -0.15) is 0 Å². The van der Waals surface area contributed by atoms with Crippen molar-refractivity contribution >= 4 is 17.8 Å². The number of carbonyl (C=O) groups excluding carboxylic acids is 3. The van der Waals surface area contributed by atoms with Crippen LogP contribution in [0.15, 0.2) is 30.3 Å². The standard InChI is InChI=1S/C18H24N2O5/c1-14-7-5-6-10-20(14)17(22)13-25-18(23)11-19-16(21)12-24-15-8-3-2-4-9-15/h2-4,8-9,14H,5-7,10-13H2,1H3,(H,19,21). The van der Waals surface area contributed by atoms with E-state index in [2.05, 4.69) is 5.32 Å². The summed E-state index contributed by atoms with van der Waals surface area (Å²) in [5, 5.41) is 2.40. The van der Waals surface area contributed by atoms with Crippen molar-refractivity contribution in [3.8, 4) is 5.75 Å². The van der Waals surface area contributed by atoms with Crippen molar-refractivity contribution in [1.29, 1.82) is 0 Å². The first-order chi connectivity index (χ1) is 12.1. The highest BCUT2D eigenvalue weighted by Crippen LogP contribution is 2.16. The first-order valence-electron chi connectivity index (χ1n) is 8.46. The molecule has 1 atom stereocenters. The number of benzene rings is 1. The Bertz CT molecular complexity index is 590. The molecule has 0 bridgehead atoms. The summed E-state index contributed by atoms with van der Waals surface area (Å²) in [5.74, 6) is -0.705. The first-order valence-corrected chi connectivity index (χ1v) is 8.46. The first kappa shape index (κ1) is 18.8. The lowest BCUT2D eigenvalue weighted by Crippen LogP contribution is -2.44. The summed E-state index contributed by atoms with van der Waals surface area (Å²) < 4.78 is 10.2. The van der Waals surface area contributed by atoms with E-state index in [1.54, 1.807) is 29.2 Å². The molecule has 2 rings (SSSR count). The Labute approximate surface area is 147 Å². The van der Waals surface area contributed by atoms with Crippen LogP contribution in [0.25, 0.3) is 0 Å². The predicted octanol–water partition coefficient (Wildman–Crippen LogP) is 1.13. The van der Waals surface area contributed by atoms with Crippen molar-refractivity contribution in [3.63, 3.8) is 0 Å². The van der Waals surface area contributed by atoms with Crippen LogP contribution in [0.2, 0.25) is 0 Å². The minimum absolute atomic E-state index is 0.176. The minimum Gasteiger partial charge on any atom is -0.484 e. The van der Waals surface area contributed by atoms with Gasteiger partial charge in [0.25, 0.3) is 11.8 Å². The zero-order valence-electron chi connectivity index (χ0n) is 14.4. The molecule has 1 N–H and O–H groups in total. The van der Waals surface area contributed by atoms with Crippen LogP contribution in [0.1, 0.15) is 26.2 Å². The van der Waals surface area contributed by atoms with Gasteiger partial charge in [0.15, 0.2) is 13.2 Å². The average molecular weight is 348 g/mol. The summed E-state index contributed by atoms with van der Waals surface area (Å²) in [6.07, 6.45) is 3.06. The van der Waals surface area contributed by atoms with E-state index in [4.69, 9.17) is 9.47 Å². The molecular weight excluding hydrogens is 324 g/mol. The Balaban J connectivity index is 1.61. The third-order valence-electron chi connectivity index (χ3n) is 4.02. The number of hydrogen-bond donors (Lipinski definition) is 1. The van der Waals surface area contributed by atoms with Crippen molar-refractivity contribution in [2.75, 3.05) is 26.3 Å². The highest BCUT2D eigenvalue weighted by atomic mass is 16.5. The monoisotopic (exact) mass is 348 g/mol. The number of likely N-dealkylation sites (tertiary alicyclic amines) is 1. The van der Waals surface area contributed by atoms with Gasteiger partial charge in [-0.1, -0.05) is 18.2 Å². The number of carbonyl (C=O) groups is 3. The fraction of sp³-hybridized carbons (Fsp3) is 0.500. The summed E-state index contributed by atoms with van der Waals surface area (Å²) in [7, 11) is 0. The second-order valence-electron chi connectivity index (χ2n) is 5.97. The number of esters is 1. The van der Waals surface area contributed by atoms with Gasteiger partial charge in [-0.15, -0.1) is 0 Å². The zero-order valence-corrected chi connectivity index (χ0v) is 14.4. The summed E-state index contributed by atoms with van der Waals surface area (Å²) in [6.45, 7) is 1.91. The Morgan fingerprint density at radius 2 is 1.92 bits per heavy atom. The van der Waals surface area contributed by atoms with E-state index in [1.807, 2.05) is 13.0 Å². The molecule has 2 amide bonds. The Morgan fingerprint density at radius 3 is 2.64 bits per heavy atom. The molecule has 0 spiro atoms. The van der Waals surface area contributed by atoms with Gasteiger partial charge in [-0.3, -0.25) is 14.4 Å². The molecule has 1 aliphatic heterocycles. The van der Waals surface area contributed by atoms with Gasteiger partial charge in [0.2, 0.25) is 0 Å². The van der Waals surface area contributed by atoms with E-state index in [0.717, 1.165) is 19.3 Å². The van der Waals surface area contributed by atoms with Gasteiger partial charge >= 0.3 is 5.97 Å². The van der Waals surface area contributed by atoms with E-state index >= 15 is 0 Å². The predicted molar refractivity (Wildman–Crippen MR) is 90.9 cm³/mol. The van der Waals surface area contributed by atoms with Crippen LogP contribution in [0.5, 0.6) is 5.75 Å². The number of ether oxygens (including phenoxy) is 2. The van der Waals surface area contributed by atoms with Crippen LogP contribution < -0.4 is 10.1 Å². The molecule has 1 saturated heterocycles. The van der Waals surface area contributed by atoms with Crippen LogP contribution in [0.3, 0.4) is 0 Å². The lowest BCUT2D eigenvalue weighted by atomic mass is 10.0. The second-order valence-corrected chi connectivity index (χ2v) is 5.97. The Morgan fingerprint density at radius 1 is 1.16 bits per heavy atom. The third-order valence-corrected chi connectivity index (χ3v) is 4.02. The maximum atomic E-state index is 12.1. The van der Waals surface area contributed by atoms with Gasteiger partial charge in [0.1, 0.15) is 12.3 Å². The lowest BCUT2D eigenvalue weighted by Gasteiger charge is -2.33. The van der Waals surface area contributed by atoms with Gasteiger partial charge in [0, 0.05) is 12.6 Å². The van der Waals surface area contributed by atoms with Crippen molar-refractivity contribution in [2.45, 2.75) is 32.2 Å². The van der Waals surface area contributed by atoms with Crippen LogP contribution in [0.4, 0.5) is 0 Å². The van der Waals surface area contributed by atoms with Crippen LogP contribution >= 0.6 is 0 Å². The fourth-order valence-corrected chi connectivity index (χ4v) is 2.63. The highest BCUT2D eigenvalue weighted by Gasteiger charge is 2.23. The van der Waals surface area contributed by atoms with E-state index < -0.39 is 11.9 Å².